The van der Waals surface area contributed by atoms with Crippen molar-refractivity contribution in [2.45, 2.75) is 259 Å². The van der Waals surface area contributed by atoms with Gasteiger partial charge in [-0.25, -0.2) is 0 Å². The predicted octanol–water partition coefficient (Wildman–Crippen LogP) is 14.6. The Morgan fingerprint density at radius 2 is 0.390 bits per heavy atom. The van der Waals surface area contributed by atoms with Crippen LogP contribution in [0.25, 0.3) is 0 Å². The molecule has 77 heavy (non-hydrogen) atoms. The summed E-state index contributed by atoms with van der Waals surface area (Å²) in [5.41, 5.74) is 5.05. The molecule has 0 saturated heterocycles. The van der Waals surface area contributed by atoms with Gasteiger partial charge in [-0.1, -0.05) is 305 Å². The number of hydrogen-bond donors (Lipinski definition) is 0. The minimum Gasteiger partial charge on any atom is -0.545 e. The van der Waals surface area contributed by atoms with Gasteiger partial charge in [0, 0.05) is 49.6 Å². The molecule has 0 aromatic heterocycles. The van der Waals surface area contributed by atoms with Gasteiger partial charge in [-0.05, 0) is 73.6 Å². The SMILES string of the molecule is CCCCCCCCCCc1ccccc1C(=O)[O-].CCCCCCCCCCc1ccccc1C(=O)[O-].CCCCCCCCCCc1ccccc1C(=O)[O-].CCCCCCCCCCc1ccccc1C(=O)[O-].[Pb]. The zero-order chi connectivity index (χ0) is 55.7. The number of benzene rings is 4. The number of hydrogen-bond acceptors (Lipinski definition) is 8. The summed E-state index contributed by atoms with van der Waals surface area (Å²) in [6.45, 7) is 8.92. The number of unbranched alkanes of at least 4 members (excludes halogenated alkanes) is 28. The Balaban J connectivity index is 0.000000996. The molecule has 0 spiro atoms. The third kappa shape index (κ3) is 38.0. The van der Waals surface area contributed by atoms with Crippen LogP contribution in [0.15, 0.2) is 97.1 Å². The summed E-state index contributed by atoms with van der Waals surface area (Å²) in [5, 5.41) is 43.8. The fraction of sp³-hybridized carbons (Fsp3) is 0.588. The van der Waals surface area contributed by atoms with Gasteiger partial charge in [0.2, 0.25) is 0 Å². The third-order valence-corrected chi connectivity index (χ3v) is 14.1. The summed E-state index contributed by atoms with van der Waals surface area (Å²) in [5.74, 6) is -4.24. The molecule has 0 saturated carbocycles. The second kappa shape index (κ2) is 51.1. The maximum atomic E-state index is 10.9. The van der Waals surface area contributed by atoms with E-state index in [2.05, 4.69) is 27.7 Å². The molecule has 0 atom stereocenters. The smallest absolute Gasteiger partial charge is 0.0718 e. The van der Waals surface area contributed by atoms with Crippen LogP contribution in [-0.4, -0.2) is 51.2 Å². The molecule has 0 bridgehead atoms. The molecule has 0 N–H and O–H groups in total. The van der Waals surface area contributed by atoms with Crippen LogP contribution in [0.5, 0.6) is 0 Å². The summed E-state index contributed by atoms with van der Waals surface area (Å²) in [6.07, 6.45) is 44.0. The largest absolute Gasteiger partial charge is 0.545 e. The van der Waals surface area contributed by atoms with Gasteiger partial charge in [0.05, 0.1) is 23.9 Å². The first-order chi connectivity index (χ1) is 37.0. The summed E-state index contributed by atoms with van der Waals surface area (Å²) >= 11 is 0. The fourth-order valence-corrected chi connectivity index (χ4v) is 9.55. The Morgan fingerprint density at radius 1 is 0.247 bits per heavy atom. The van der Waals surface area contributed by atoms with Crippen LogP contribution < -0.4 is 20.4 Å². The van der Waals surface area contributed by atoms with Crippen molar-refractivity contribution in [3.63, 3.8) is 0 Å². The maximum Gasteiger partial charge on any atom is 0.0718 e. The van der Waals surface area contributed by atoms with E-state index in [4.69, 9.17) is 0 Å². The van der Waals surface area contributed by atoms with Crippen molar-refractivity contribution in [2.75, 3.05) is 0 Å². The molecule has 0 aliphatic rings. The molecule has 9 heteroatoms. The van der Waals surface area contributed by atoms with E-state index in [1.54, 1.807) is 48.5 Å². The van der Waals surface area contributed by atoms with Crippen LogP contribution >= 0.6 is 0 Å². The van der Waals surface area contributed by atoms with Crippen molar-refractivity contribution in [3.8, 4) is 0 Å². The number of carbonyl (C=O) groups is 4. The number of aryl methyl sites for hydroxylation is 4. The number of aromatic carboxylic acids is 4. The molecule has 4 aromatic rings. The minimum absolute atomic E-state index is 0. The molecule has 4 aromatic carbocycles. The van der Waals surface area contributed by atoms with E-state index < -0.39 is 23.9 Å². The van der Waals surface area contributed by atoms with Crippen LogP contribution in [0.1, 0.15) is 297 Å². The molecule has 0 heterocycles. The molecule has 0 unspecified atom stereocenters. The normalized spacial score (nSPS) is 10.4. The van der Waals surface area contributed by atoms with Crippen molar-refractivity contribution in [2.24, 2.45) is 0 Å². The Bertz CT molecular complexity index is 1790. The molecular weight excluding hydrogens is 1150 g/mol. The van der Waals surface area contributed by atoms with Gasteiger partial charge < -0.3 is 39.6 Å². The van der Waals surface area contributed by atoms with Crippen molar-refractivity contribution in [1.82, 2.24) is 0 Å². The van der Waals surface area contributed by atoms with Crippen molar-refractivity contribution >= 4 is 51.2 Å². The number of carboxylic acids is 4. The first-order valence-electron chi connectivity index (χ1n) is 30.2. The third-order valence-electron chi connectivity index (χ3n) is 14.1. The molecule has 0 fully saturated rings. The zero-order valence-corrected chi connectivity index (χ0v) is 52.3. The zero-order valence-electron chi connectivity index (χ0n) is 48.5. The average Bonchev–Trinajstić information content (AvgIpc) is 3.42. The molecule has 4 radical (unpaired) electrons. The van der Waals surface area contributed by atoms with Gasteiger partial charge in [0.15, 0.2) is 0 Å². The van der Waals surface area contributed by atoms with Gasteiger partial charge in [-0.2, -0.15) is 0 Å². The van der Waals surface area contributed by atoms with E-state index in [0.29, 0.717) is 22.3 Å². The minimum atomic E-state index is -1.06. The maximum absolute atomic E-state index is 10.9. The Morgan fingerprint density at radius 3 is 0.545 bits per heavy atom. The number of rotatable bonds is 40. The van der Waals surface area contributed by atoms with E-state index >= 15 is 0 Å². The Kier molecular flexibility index (Phi) is 48.3. The summed E-state index contributed by atoms with van der Waals surface area (Å²) < 4.78 is 0. The second-order valence-electron chi connectivity index (χ2n) is 20.7. The van der Waals surface area contributed by atoms with E-state index in [1.165, 1.54) is 180 Å². The predicted molar refractivity (Wildman–Crippen MR) is 314 cm³/mol. The van der Waals surface area contributed by atoms with Gasteiger partial charge in [-0.3, -0.25) is 0 Å². The molecule has 8 nitrogen and oxygen atoms in total. The van der Waals surface area contributed by atoms with Crippen molar-refractivity contribution in [3.05, 3.63) is 142 Å². The van der Waals surface area contributed by atoms with Crippen LogP contribution in [0.4, 0.5) is 0 Å². The molecule has 0 aliphatic heterocycles. The summed E-state index contributed by atoms with van der Waals surface area (Å²) in [6, 6.07) is 28.7. The summed E-state index contributed by atoms with van der Waals surface area (Å²) in [7, 11) is 0. The average molecular weight is 1250 g/mol. The number of carboxylic acid groups (broad SMARTS) is 4. The van der Waals surface area contributed by atoms with Gasteiger partial charge in [0.1, 0.15) is 0 Å². The molecule has 428 valence electrons. The number of carbonyl (C=O) groups excluding carboxylic acids is 4. The van der Waals surface area contributed by atoms with Crippen LogP contribution in [-0.2, 0) is 25.7 Å². The molecule has 0 aliphatic carbocycles. The second-order valence-corrected chi connectivity index (χ2v) is 20.7. The van der Waals surface area contributed by atoms with Crippen LogP contribution in [0, 0.1) is 0 Å². The monoisotopic (exact) mass is 1250 g/mol. The van der Waals surface area contributed by atoms with Gasteiger partial charge in [0.25, 0.3) is 0 Å². The van der Waals surface area contributed by atoms with E-state index in [0.717, 1.165) is 73.6 Å². The Labute approximate surface area is 488 Å². The van der Waals surface area contributed by atoms with E-state index in [9.17, 15) is 39.6 Å². The van der Waals surface area contributed by atoms with Gasteiger partial charge >= 0.3 is 0 Å². The van der Waals surface area contributed by atoms with Gasteiger partial charge in [-0.15, -0.1) is 0 Å². The van der Waals surface area contributed by atoms with Crippen LogP contribution in [0.2, 0.25) is 0 Å². The quantitative estimate of drug-likeness (QED) is 0.0314. The van der Waals surface area contributed by atoms with Crippen molar-refractivity contribution < 1.29 is 39.6 Å². The fourth-order valence-electron chi connectivity index (χ4n) is 9.55. The first-order valence-corrected chi connectivity index (χ1v) is 30.2. The summed E-state index contributed by atoms with van der Waals surface area (Å²) in [4.78, 5) is 43.8. The topological polar surface area (TPSA) is 161 Å². The van der Waals surface area contributed by atoms with Crippen LogP contribution in [0.3, 0.4) is 0 Å². The Hall–Kier alpha value is -4.32. The van der Waals surface area contributed by atoms with Crippen molar-refractivity contribution in [1.29, 1.82) is 0 Å². The standard InChI is InChI=1S/4C17H26O2.Pb/c4*1-2-3-4-5-6-7-8-9-12-15-13-10-11-14-16(15)17(18)19;/h4*10-11,13-14H,2-9,12H2,1H3,(H,18,19);/p-4. The first kappa shape index (κ1) is 72.7. The molecular formula is C68H100O8Pb-4. The molecule has 0 amide bonds. The van der Waals surface area contributed by atoms with E-state index in [1.807, 2.05) is 48.5 Å². The molecule has 4 rings (SSSR count). The van der Waals surface area contributed by atoms with E-state index in [-0.39, 0.29) is 27.3 Å².